The summed E-state index contributed by atoms with van der Waals surface area (Å²) in [6.07, 6.45) is 2.54. The number of amides is 1. The van der Waals surface area contributed by atoms with Crippen molar-refractivity contribution in [3.8, 4) is 0 Å². The van der Waals surface area contributed by atoms with Gasteiger partial charge in [0.2, 0.25) is 0 Å². The summed E-state index contributed by atoms with van der Waals surface area (Å²) >= 11 is 5.99. The largest absolute Gasteiger partial charge is 0.399 e. The first-order valence-electron chi connectivity index (χ1n) is 6.97. The lowest BCUT2D eigenvalue weighted by molar-refractivity contribution is 0.0943. The predicted molar refractivity (Wildman–Crippen MR) is 86.7 cm³/mol. The van der Waals surface area contributed by atoms with Crippen molar-refractivity contribution < 1.29 is 4.79 Å². The molecule has 0 saturated heterocycles. The first-order valence-corrected chi connectivity index (χ1v) is 7.35. The molecule has 0 bridgehead atoms. The molecule has 4 nitrogen and oxygen atoms in total. The molecule has 21 heavy (non-hydrogen) atoms. The lowest BCUT2D eigenvalue weighted by Crippen LogP contribution is -2.28. The molecule has 0 radical (unpaired) electrons. The SMILES string of the molecule is CC(C)n1cc(Cl)cc1C(=O)NCCc1ccc(N)cc1. The Morgan fingerprint density at radius 2 is 2.00 bits per heavy atom. The Labute approximate surface area is 129 Å². The van der Waals surface area contributed by atoms with Crippen LogP contribution in [0, 0.1) is 0 Å². The van der Waals surface area contributed by atoms with Crippen molar-refractivity contribution in [1.29, 1.82) is 0 Å². The fourth-order valence-corrected chi connectivity index (χ4v) is 2.36. The normalized spacial score (nSPS) is 10.9. The van der Waals surface area contributed by atoms with E-state index in [2.05, 4.69) is 5.32 Å². The zero-order valence-electron chi connectivity index (χ0n) is 12.3. The Morgan fingerprint density at radius 3 is 2.62 bits per heavy atom. The van der Waals surface area contributed by atoms with Crippen molar-refractivity contribution in [2.75, 3.05) is 12.3 Å². The van der Waals surface area contributed by atoms with Crippen LogP contribution in [0.25, 0.3) is 0 Å². The highest BCUT2D eigenvalue weighted by Crippen LogP contribution is 2.18. The van der Waals surface area contributed by atoms with Gasteiger partial charge in [0.15, 0.2) is 0 Å². The van der Waals surface area contributed by atoms with Gasteiger partial charge in [-0.1, -0.05) is 23.7 Å². The lowest BCUT2D eigenvalue weighted by Gasteiger charge is -2.12. The zero-order chi connectivity index (χ0) is 15.4. The van der Waals surface area contributed by atoms with Gasteiger partial charge >= 0.3 is 0 Å². The minimum Gasteiger partial charge on any atom is -0.399 e. The van der Waals surface area contributed by atoms with Crippen LogP contribution >= 0.6 is 11.6 Å². The number of carbonyl (C=O) groups excluding carboxylic acids is 1. The van der Waals surface area contributed by atoms with Crippen molar-refractivity contribution in [3.63, 3.8) is 0 Å². The van der Waals surface area contributed by atoms with Gasteiger partial charge in [0.25, 0.3) is 5.91 Å². The van der Waals surface area contributed by atoms with Gasteiger partial charge in [-0.2, -0.15) is 0 Å². The van der Waals surface area contributed by atoms with Crippen molar-refractivity contribution in [1.82, 2.24) is 9.88 Å². The number of rotatable bonds is 5. The van der Waals surface area contributed by atoms with Crippen LogP contribution < -0.4 is 11.1 Å². The number of carbonyl (C=O) groups is 1. The number of nitrogens with two attached hydrogens (primary N) is 1. The smallest absolute Gasteiger partial charge is 0.267 e. The van der Waals surface area contributed by atoms with Gasteiger partial charge in [0.05, 0.1) is 5.02 Å². The number of nitrogen functional groups attached to an aromatic ring is 1. The van der Waals surface area contributed by atoms with E-state index in [9.17, 15) is 4.79 Å². The molecule has 1 aromatic heterocycles. The summed E-state index contributed by atoms with van der Waals surface area (Å²) in [4.78, 5) is 12.2. The Morgan fingerprint density at radius 1 is 1.33 bits per heavy atom. The number of hydrogen-bond donors (Lipinski definition) is 2. The number of benzene rings is 1. The highest BCUT2D eigenvalue weighted by atomic mass is 35.5. The van der Waals surface area contributed by atoms with Crippen LogP contribution in [-0.4, -0.2) is 17.0 Å². The topological polar surface area (TPSA) is 60.0 Å². The standard InChI is InChI=1S/C16H20ClN3O/c1-11(2)20-10-13(17)9-15(20)16(21)19-8-7-12-3-5-14(18)6-4-12/h3-6,9-11H,7-8,18H2,1-2H3,(H,19,21). The molecule has 5 heteroatoms. The summed E-state index contributed by atoms with van der Waals surface area (Å²) in [5.41, 5.74) is 8.12. The van der Waals surface area contributed by atoms with E-state index in [1.165, 1.54) is 0 Å². The van der Waals surface area contributed by atoms with Gasteiger partial charge in [-0.05, 0) is 44.0 Å². The second kappa shape index (κ2) is 6.68. The molecule has 0 fully saturated rings. The monoisotopic (exact) mass is 305 g/mol. The van der Waals surface area contributed by atoms with Crippen molar-refractivity contribution in [3.05, 3.63) is 52.8 Å². The number of nitrogens with one attached hydrogen (secondary N) is 1. The Hall–Kier alpha value is -1.94. The van der Waals surface area contributed by atoms with Crippen LogP contribution in [0.5, 0.6) is 0 Å². The summed E-state index contributed by atoms with van der Waals surface area (Å²) in [7, 11) is 0. The molecule has 3 N–H and O–H groups in total. The first kappa shape index (κ1) is 15.4. The average Bonchev–Trinajstić information content (AvgIpc) is 2.83. The van der Waals surface area contributed by atoms with Crippen molar-refractivity contribution in [2.45, 2.75) is 26.3 Å². The first-order chi connectivity index (χ1) is 9.97. The third-order valence-electron chi connectivity index (χ3n) is 3.28. The number of nitrogens with zero attached hydrogens (tertiary/aromatic N) is 1. The van der Waals surface area contributed by atoms with E-state index >= 15 is 0 Å². The van der Waals surface area contributed by atoms with E-state index in [0.717, 1.165) is 17.7 Å². The van der Waals surface area contributed by atoms with Gasteiger partial charge in [-0.25, -0.2) is 0 Å². The molecule has 1 amide bonds. The summed E-state index contributed by atoms with van der Waals surface area (Å²) < 4.78 is 1.88. The fourth-order valence-electron chi connectivity index (χ4n) is 2.15. The van der Waals surface area contributed by atoms with Crippen LogP contribution in [-0.2, 0) is 6.42 Å². The van der Waals surface area contributed by atoms with E-state index in [4.69, 9.17) is 17.3 Å². The summed E-state index contributed by atoms with van der Waals surface area (Å²) in [5, 5.41) is 3.50. The van der Waals surface area contributed by atoms with E-state index in [0.29, 0.717) is 17.3 Å². The molecular formula is C16H20ClN3O. The second-order valence-electron chi connectivity index (χ2n) is 5.29. The van der Waals surface area contributed by atoms with Crippen LogP contribution in [0.4, 0.5) is 5.69 Å². The Bertz CT molecular complexity index is 617. The zero-order valence-corrected chi connectivity index (χ0v) is 13.0. The molecule has 2 rings (SSSR count). The highest BCUT2D eigenvalue weighted by molar-refractivity contribution is 6.31. The average molecular weight is 306 g/mol. The summed E-state index contributed by atoms with van der Waals surface area (Å²) in [6.45, 7) is 4.60. The van der Waals surface area contributed by atoms with Gasteiger partial charge in [0, 0.05) is 24.5 Å². The molecule has 0 atom stereocenters. The molecule has 1 aromatic carbocycles. The molecule has 1 heterocycles. The fraction of sp³-hybridized carbons (Fsp3) is 0.312. The van der Waals surface area contributed by atoms with Crippen molar-refractivity contribution >= 4 is 23.2 Å². The molecule has 112 valence electrons. The number of anilines is 1. The maximum atomic E-state index is 12.2. The van der Waals surface area contributed by atoms with Gasteiger partial charge in [-0.3, -0.25) is 4.79 Å². The molecular weight excluding hydrogens is 286 g/mol. The molecule has 0 saturated carbocycles. The molecule has 0 spiro atoms. The van der Waals surface area contributed by atoms with E-state index in [1.807, 2.05) is 42.7 Å². The third-order valence-corrected chi connectivity index (χ3v) is 3.49. The summed E-state index contributed by atoms with van der Waals surface area (Å²) in [6, 6.07) is 9.54. The molecule has 0 aliphatic rings. The maximum absolute atomic E-state index is 12.2. The molecule has 0 aliphatic heterocycles. The van der Waals surface area contributed by atoms with Crippen LogP contribution in [0.3, 0.4) is 0 Å². The highest BCUT2D eigenvalue weighted by Gasteiger charge is 2.14. The Kier molecular flexibility index (Phi) is 4.91. The van der Waals surface area contributed by atoms with Gasteiger partial charge < -0.3 is 15.6 Å². The number of hydrogen-bond acceptors (Lipinski definition) is 2. The molecule has 0 aliphatic carbocycles. The summed E-state index contributed by atoms with van der Waals surface area (Å²) in [5.74, 6) is -0.106. The minimum atomic E-state index is -0.106. The lowest BCUT2D eigenvalue weighted by atomic mass is 10.1. The molecule has 0 unspecified atom stereocenters. The minimum absolute atomic E-state index is 0.106. The molecule has 2 aromatic rings. The third kappa shape index (κ3) is 4.02. The van der Waals surface area contributed by atoms with E-state index < -0.39 is 0 Å². The Balaban J connectivity index is 1.94. The van der Waals surface area contributed by atoms with Crippen LogP contribution in [0.15, 0.2) is 36.5 Å². The maximum Gasteiger partial charge on any atom is 0.267 e. The van der Waals surface area contributed by atoms with Crippen LogP contribution in [0.2, 0.25) is 5.02 Å². The van der Waals surface area contributed by atoms with E-state index in [-0.39, 0.29) is 11.9 Å². The quantitative estimate of drug-likeness (QED) is 0.833. The number of halogens is 1. The van der Waals surface area contributed by atoms with Crippen molar-refractivity contribution in [2.24, 2.45) is 0 Å². The second-order valence-corrected chi connectivity index (χ2v) is 5.73. The number of aromatic nitrogens is 1. The van der Waals surface area contributed by atoms with Gasteiger partial charge in [-0.15, -0.1) is 0 Å². The van der Waals surface area contributed by atoms with E-state index in [1.54, 1.807) is 12.3 Å². The van der Waals surface area contributed by atoms with Crippen LogP contribution in [0.1, 0.15) is 35.9 Å². The predicted octanol–water partition coefficient (Wildman–Crippen LogP) is 3.28. The van der Waals surface area contributed by atoms with Gasteiger partial charge in [0.1, 0.15) is 5.69 Å².